The van der Waals surface area contributed by atoms with Crippen molar-refractivity contribution in [3.05, 3.63) is 34.3 Å². The predicted octanol–water partition coefficient (Wildman–Crippen LogP) is 1.77. The summed E-state index contributed by atoms with van der Waals surface area (Å²) < 4.78 is 0.961. The molecule has 1 aromatic rings. The maximum atomic E-state index is 11.9. The van der Waals surface area contributed by atoms with E-state index >= 15 is 0 Å². The van der Waals surface area contributed by atoms with E-state index in [9.17, 15) is 9.59 Å². The molecule has 1 aliphatic heterocycles. The van der Waals surface area contributed by atoms with Crippen LogP contribution in [-0.4, -0.2) is 25.0 Å². The van der Waals surface area contributed by atoms with Gasteiger partial charge in [0.1, 0.15) is 0 Å². The van der Waals surface area contributed by atoms with Gasteiger partial charge in [0.05, 0.1) is 0 Å². The first-order valence-electron chi connectivity index (χ1n) is 6.69. The third kappa shape index (κ3) is 4.61. The van der Waals surface area contributed by atoms with Gasteiger partial charge in [0.2, 0.25) is 5.91 Å². The van der Waals surface area contributed by atoms with Crippen molar-refractivity contribution in [2.75, 3.05) is 13.1 Å². The summed E-state index contributed by atoms with van der Waals surface area (Å²) in [6.45, 7) is 2.06. The van der Waals surface area contributed by atoms with Crippen molar-refractivity contribution in [3.8, 4) is 0 Å². The van der Waals surface area contributed by atoms with Crippen molar-refractivity contribution in [1.82, 2.24) is 16.0 Å². The van der Waals surface area contributed by atoms with Crippen LogP contribution in [0.4, 0.5) is 4.79 Å². The largest absolute Gasteiger partial charge is 0.334 e. The number of urea groups is 1. The Morgan fingerprint density at radius 1 is 1.30 bits per heavy atom. The minimum Gasteiger partial charge on any atom is -0.334 e. The van der Waals surface area contributed by atoms with Crippen molar-refractivity contribution in [2.24, 2.45) is 5.92 Å². The number of hydrogen-bond acceptors (Lipinski definition) is 3. The zero-order valence-corrected chi connectivity index (χ0v) is 12.7. The second kappa shape index (κ2) is 7.40. The average Bonchev–Trinajstić information content (AvgIpc) is 2.46. The van der Waals surface area contributed by atoms with E-state index in [0.29, 0.717) is 6.54 Å². The summed E-state index contributed by atoms with van der Waals surface area (Å²) in [5, 5.41) is 8.28. The predicted molar refractivity (Wildman–Crippen MR) is 80.1 cm³/mol. The lowest BCUT2D eigenvalue weighted by atomic mass is 9.97. The van der Waals surface area contributed by atoms with E-state index in [1.54, 1.807) is 0 Å². The number of carbonyl (C=O) groups excluding carboxylic acids is 2. The third-order valence-electron chi connectivity index (χ3n) is 3.29. The number of piperidine rings is 1. The Labute approximate surface area is 126 Å². The molecule has 0 radical (unpaired) electrons. The van der Waals surface area contributed by atoms with Crippen LogP contribution in [0.2, 0.25) is 0 Å². The van der Waals surface area contributed by atoms with Gasteiger partial charge in [-0.3, -0.25) is 10.1 Å². The number of carbonyl (C=O) groups is 2. The van der Waals surface area contributed by atoms with Crippen molar-refractivity contribution in [2.45, 2.75) is 19.4 Å². The Morgan fingerprint density at radius 2 is 2.05 bits per heavy atom. The molecule has 1 fully saturated rings. The first-order valence-corrected chi connectivity index (χ1v) is 7.48. The molecule has 3 amide bonds. The van der Waals surface area contributed by atoms with Crippen LogP contribution in [0.25, 0.3) is 0 Å². The van der Waals surface area contributed by atoms with Gasteiger partial charge in [0, 0.05) is 16.9 Å². The fraction of sp³-hybridized carbons (Fsp3) is 0.429. The molecule has 0 bridgehead atoms. The van der Waals surface area contributed by atoms with Crippen molar-refractivity contribution < 1.29 is 9.59 Å². The fourth-order valence-electron chi connectivity index (χ4n) is 2.17. The van der Waals surface area contributed by atoms with Gasteiger partial charge in [0.25, 0.3) is 0 Å². The maximum absolute atomic E-state index is 11.9. The molecule has 6 heteroatoms. The van der Waals surface area contributed by atoms with Gasteiger partial charge in [-0.15, -0.1) is 0 Å². The Bertz CT molecular complexity index is 487. The lowest BCUT2D eigenvalue weighted by Gasteiger charge is -2.21. The van der Waals surface area contributed by atoms with Crippen LogP contribution in [0, 0.1) is 5.92 Å². The highest BCUT2D eigenvalue weighted by atomic mass is 79.9. The molecule has 0 spiro atoms. The first-order chi connectivity index (χ1) is 9.65. The Hall–Kier alpha value is -1.40. The van der Waals surface area contributed by atoms with Crippen LogP contribution in [-0.2, 0) is 11.3 Å². The van der Waals surface area contributed by atoms with E-state index in [4.69, 9.17) is 0 Å². The smallest absolute Gasteiger partial charge is 0.321 e. The van der Waals surface area contributed by atoms with E-state index < -0.39 is 6.03 Å². The number of nitrogens with one attached hydrogen (secondary N) is 3. The third-order valence-corrected chi connectivity index (χ3v) is 3.78. The van der Waals surface area contributed by atoms with Gasteiger partial charge in [-0.2, -0.15) is 0 Å². The number of amides is 3. The van der Waals surface area contributed by atoms with Crippen LogP contribution >= 0.6 is 15.9 Å². The molecule has 1 saturated heterocycles. The molecule has 108 valence electrons. The first kappa shape index (κ1) is 15.0. The number of halogens is 1. The molecule has 2 rings (SSSR count). The van der Waals surface area contributed by atoms with Gasteiger partial charge in [0.15, 0.2) is 0 Å². The highest BCUT2D eigenvalue weighted by Crippen LogP contribution is 2.12. The van der Waals surface area contributed by atoms with Gasteiger partial charge < -0.3 is 10.6 Å². The van der Waals surface area contributed by atoms with Gasteiger partial charge in [-0.05, 0) is 43.6 Å². The van der Waals surface area contributed by atoms with E-state index in [1.165, 1.54) is 0 Å². The zero-order valence-electron chi connectivity index (χ0n) is 11.1. The van der Waals surface area contributed by atoms with Crippen LogP contribution in [0.3, 0.4) is 0 Å². The SMILES string of the molecule is O=C(NCc1cccc(Br)c1)NC(=O)C1CCNCC1. The van der Waals surface area contributed by atoms with Gasteiger partial charge >= 0.3 is 6.03 Å². The van der Waals surface area contributed by atoms with Crippen molar-refractivity contribution in [3.63, 3.8) is 0 Å². The lowest BCUT2D eigenvalue weighted by molar-refractivity contribution is -0.124. The summed E-state index contributed by atoms with van der Waals surface area (Å²) >= 11 is 3.37. The molecule has 0 aliphatic carbocycles. The number of rotatable bonds is 3. The number of imide groups is 1. The van der Waals surface area contributed by atoms with Gasteiger partial charge in [-0.25, -0.2) is 4.79 Å². The van der Waals surface area contributed by atoms with E-state index in [-0.39, 0.29) is 11.8 Å². The molecule has 20 heavy (non-hydrogen) atoms. The van der Waals surface area contributed by atoms with Crippen LogP contribution in [0.1, 0.15) is 18.4 Å². The van der Waals surface area contributed by atoms with Crippen LogP contribution in [0.15, 0.2) is 28.7 Å². The highest BCUT2D eigenvalue weighted by molar-refractivity contribution is 9.10. The summed E-state index contributed by atoms with van der Waals surface area (Å²) in [6.07, 6.45) is 1.56. The summed E-state index contributed by atoms with van der Waals surface area (Å²) in [7, 11) is 0. The number of benzene rings is 1. The average molecular weight is 340 g/mol. The van der Waals surface area contributed by atoms with Crippen molar-refractivity contribution >= 4 is 27.9 Å². The lowest BCUT2D eigenvalue weighted by Crippen LogP contribution is -2.44. The Balaban J connectivity index is 1.76. The summed E-state index contributed by atoms with van der Waals surface area (Å²) in [4.78, 5) is 23.6. The molecular formula is C14H18BrN3O2. The molecule has 0 atom stereocenters. The minimum absolute atomic E-state index is 0.0622. The van der Waals surface area contributed by atoms with E-state index in [2.05, 4.69) is 31.9 Å². The minimum atomic E-state index is -0.437. The molecule has 1 aromatic carbocycles. The number of hydrogen-bond donors (Lipinski definition) is 3. The van der Waals surface area contributed by atoms with Crippen LogP contribution in [0.5, 0.6) is 0 Å². The molecule has 0 aromatic heterocycles. The normalized spacial score (nSPS) is 15.7. The fourth-order valence-corrected chi connectivity index (χ4v) is 2.62. The summed E-state index contributed by atoms with van der Waals surface area (Å²) in [6, 6.07) is 7.23. The topological polar surface area (TPSA) is 70.2 Å². The molecule has 3 N–H and O–H groups in total. The quantitative estimate of drug-likeness (QED) is 0.786. The molecular weight excluding hydrogens is 322 g/mol. The van der Waals surface area contributed by atoms with E-state index in [1.807, 2.05) is 24.3 Å². The zero-order chi connectivity index (χ0) is 14.4. The van der Waals surface area contributed by atoms with E-state index in [0.717, 1.165) is 36.0 Å². The molecule has 0 unspecified atom stereocenters. The maximum Gasteiger partial charge on any atom is 0.321 e. The Morgan fingerprint density at radius 3 is 2.75 bits per heavy atom. The summed E-state index contributed by atoms with van der Waals surface area (Å²) in [5.41, 5.74) is 0.976. The molecule has 1 heterocycles. The van der Waals surface area contributed by atoms with Crippen molar-refractivity contribution in [1.29, 1.82) is 0 Å². The Kier molecular flexibility index (Phi) is 5.55. The molecule has 1 aliphatic rings. The second-order valence-electron chi connectivity index (χ2n) is 4.83. The highest BCUT2D eigenvalue weighted by Gasteiger charge is 2.22. The summed E-state index contributed by atoms with van der Waals surface area (Å²) in [5.74, 6) is -0.244. The second-order valence-corrected chi connectivity index (χ2v) is 5.74. The molecule has 0 saturated carbocycles. The standard InChI is InChI=1S/C14H18BrN3O2/c15-12-3-1-2-10(8-12)9-17-14(20)18-13(19)11-4-6-16-7-5-11/h1-3,8,11,16H,4-7,9H2,(H2,17,18,19,20). The monoisotopic (exact) mass is 339 g/mol. The van der Waals surface area contributed by atoms with Gasteiger partial charge in [-0.1, -0.05) is 28.1 Å². The molecule has 5 nitrogen and oxygen atoms in total. The van der Waals surface area contributed by atoms with Crippen LogP contribution < -0.4 is 16.0 Å².